The lowest BCUT2D eigenvalue weighted by Crippen LogP contribution is -2.28. The van der Waals surface area contributed by atoms with E-state index in [2.05, 4.69) is 15.9 Å². The van der Waals surface area contributed by atoms with Crippen molar-refractivity contribution in [3.8, 4) is 0 Å². The van der Waals surface area contributed by atoms with Crippen molar-refractivity contribution in [1.29, 1.82) is 0 Å². The van der Waals surface area contributed by atoms with Gasteiger partial charge in [-0.3, -0.25) is 4.79 Å². The van der Waals surface area contributed by atoms with Crippen LogP contribution in [0, 0.1) is 6.92 Å². The highest BCUT2D eigenvalue weighted by atomic mass is 79.9. The molecule has 1 aromatic carbocycles. The zero-order valence-corrected chi connectivity index (χ0v) is 12.8. The quantitative estimate of drug-likeness (QED) is 0.808. The molecular weight excluding hydrogens is 324 g/mol. The third kappa shape index (κ3) is 2.17. The lowest BCUT2D eigenvalue weighted by atomic mass is 10.1. The van der Waals surface area contributed by atoms with Crippen molar-refractivity contribution in [2.24, 2.45) is 0 Å². The van der Waals surface area contributed by atoms with E-state index in [-0.39, 0.29) is 5.91 Å². The Bertz CT molecular complexity index is 646. The Balaban J connectivity index is 1.95. The monoisotopic (exact) mass is 336 g/mol. The van der Waals surface area contributed by atoms with E-state index < -0.39 is 0 Å². The van der Waals surface area contributed by atoms with Crippen LogP contribution in [0.1, 0.15) is 20.8 Å². The predicted octanol–water partition coefficient (Wildman–Crippen LogP) is 3.60. The van der Waals surface area contributed by atoms with Crippen molar-refractivity contribution in [2.45, 2.75) is 13.3 Å². The van der Waals surface area contributed by atoms with Gasteiger partial charge in [0.25, 0.3) is 5.91 Å². The molecule has 0 bridgehead atoms. The molecule has 2 heterocycles. The summed E-state index contributed by atoms with van der Waals surface area (Å²) in [4.78, 5) is 15.2. The number of carbonyl (C=O) groups excluding carboxylic acids is 1. The summed E-state index contributed by atoms with van der Waals surface area (Å²) >= 11 is 4.95. The van der Waals surface area contributed by atoms with Gasteiger partial charge in [-0.05, 0) is 64.7 Å². The van der Waals surface area contributed by atoms with E-state index in [1.54, 1.807) is 0 Å². The average molecular weight is 337 g/mol. The molecule has 0 spiro atoms. The summed E-state index contributed by atoms with van der Waals surface area (Å²) in [6.07, 6.45) is 0.873. The number of carbonyl (C=O) groups is 1. The molecule has 1 amide bonds. The van der Waals surface area contributed by atoms with Gasteiger partial charge in [0, 0.05) is 17.9 Å². The number of aryl methyl sites for hydroxylation is 1. The molecule has 0 saturated heterocycles. The smallest absolute Gasteiger partial charge is 0.268 e. The van der Waals surface area contributed by atoms with Gasteiger partial charge >= 0.3 is 0 Å². The second kappa shape index (κ2) is 4.65. The van der Waals surface area contributed by atoms with E-state index in [4.69, 9.17) is 5.73 Å². The van der Waals surface area contributed by atoms with Crippen LogP contribution in [0.3, 0.4) is 0 Å². The summed E-state index contributed by atoms with van der Waals surface area (Å²) in [5.74, 6) is 0.0716. The normalized spacial score (nSPS) is 13.7. The predicted molar refractivity (Wildman–Crippen MR) is 83.0 cm³/mol. The van der Waals surface area contributed by atoms with Crippen molar-refractivity contribution in [1.82, 2.24) is 0 Å². The average Bonchev–Trinajstić information content (AvgIpc) is 2.93. The molecular formula is C14H13BrN2OS. The van der Waals surface area contributed by atoms with Gasteiger partial charge in [-0.2, -0.15) is 0 Å². The number of anilines is 2. The van der Waals surface area contributed by atoms with Gasteiger partial charge in [-0.15, -0.1) is 11.3 Å². The fourth-order valence-electron chi connectivity index (χ4n) is 2.33. The van der Waals surface area contributed by atoms with Gasteiger partial charge in [-0.1, -0.05) is 0 Å². The molecule has 1 aromatic heterocycles. The molecule has 0 aliphatic carbocycles. The van der Waals surface area contributed by atoms with E-state index in [1.807, 2.05) is 36.1 Å². The topological polar surface area (TPSA) is 46.3 Å². The fourth-order valence-corrected chi connectivity index (χ4v) is 3.81. The SMILES string of the molecule is Cc1cc(C(=O)N2CCc3cc(N)ccc32)sc1Br. The number of fused-ring (bicyclic) bond motifs is 1. The number of nitrogen functional groups attached to an aromatic ring is 1. The Morgan fingerprint density at radius 1 is 1.42 bits per heavy atom. The number of hydrogen-bond acceptors (Lipinski definition) is 3. The summed E-state index contributed by atoms with van der Waals surface area (Å²) in [6.45, 7) is 2.72. The first-order valence-corrected chi connectivity index (χ1v) is 7.63. The summed E-state index contributed by atoms with van der Waals surface area (Å²) < 4.78 is 1.02. The summed E-state index contributed by atoms with van der Waals surface area (Å²) in [5, 5.41) is 0. The first kappa shape index (κ1) is 12.7. The molecule has 0 fully saturated rings. The molecule has 98 valence electrons. The molecule has 0 unspecified atom stereocenters. The lowest BCUT2D eigenvalue weighted by Gasteiger charge is -2.16. The fraction of sp³-hybridized carbons (Fsp3) is 0.214. The molecule has 19 heavy (non-hydrogen) atoms. The van der Waals surface area contributed by atoms with Crippen LogP contribution in [0.5, 0.6) is 0 Å². The van der Waals surface area contributed by atoms with E-state index in [0.29, 0.717) is 0 Å². The zero-order chi connectivity index (χ0) is 13.6. The first-order chi connectivity index (χ1) is 9.06. The van der Waals surface area contributed by atoms with Crippen LogP contribution in [-0.2, 0) is 6.42 Å². The number of nitrogens with two attached hydrogens (primary N) is 1. The Hall–Kier alpha value is -1.33. The van der Waals surface area contributed by atoms with E-state index in [9.17, 15) is 4.79 Å². The van der Waals surface area contributed by atoms with Crippen LogP contribution < -0.4 is 10.6 Å². The summed E-state index contributed by atoms with van der Waals surface area (Å²) in [6, 6.07) is 7.68. The molecule has 0 saturated carbocycles. The third-order valence-electron chi connectivity index (χ3n) is 3.31. The Morgan fingerprint density at radius 2 is 2.21 bits per heavy atom. The van der Waals surface area contributed by atoms with Crippen LogP contribution in [0.2, 0.25) is 0 Å². The van der Waals surface area contributed by atoms with Crippen molar-refractivity contribution in [3.05, 3.63) is 44.1 Å². The largest absolute Gasteiger partial charge is 0.399 e. The highest BCUT2D eigenvalue weighted by Gasteiger charge is 2.26. The number of nitrogens with zero attached hydrogens (tertiary/aromatic N) is 1. The molecule has 1 aliphatic heterocycles. The minimum atomic E-state index is 0.0716. The number of rotatable bonds is 1. The van der Waals surface area contributed by atoms with E-state index in [0.717, 1.165) is 44.1 Å². The number of halogens is 1. The van der Waals surface area contributed by atoms with Crippen LogP contribution in [0.15, 0.2) is 28.1 Å². The first-order valence-electron chi connectivity index (χ1n) is 6.02. The second-order valence-corrected chi connectivity index (χ2v) is 7.03. The van der Waals surface area contributed by atoms with Crippen molar-refractivity contribution >= 4 is 44.5 Å². The molecule has 2 N–H and O–H groups in total. The Morgan fingerprint density at radius 3 is 2.89 bits per heavy atom. The molecule has 5 heteroatoms. The number of benzene rings is 1. The van der Waals surface area contributed by atoms with Crippen molar-refractivity contribution in [2.75, 3.05) is 17.2 Å². The van der Waals surface area contributed by atoms with E-state index >= 15 is 0 Å². The van der Waals surface area contributed by atoms with Crippen LogP contribution >= 0.6 is 27.3 Å². The number of hydrogen-bond donors (Lipinski definition) is 1. The molecule has 0 radical (unpaired) electrons. The van der Waals surface area contributed by atoms with Gasteiger partial charge in [0.1, 0.15) is 0 Å². The second-order valence-electron chi connectivity index (χ2n) is 4.66. The Labute approximate surface area is 124 Å². The Kier molecular flexibility index (Phi) is 3.11. The maximum absolute atomic E-state index is 12.5. The van der Waals surface area contributed by atoms with E-state index in [1.165, 1.54) is 11.3 Å². The zero-order valence-electron chi connectivity index (χ0n) is 10.4. The van der Waals surface area contributed by atoms with Crippen molar-refractivity contribution < 1.29 is 4.79 Å². The highest BCUT2D eigenvalue weighted by Crippen LogP contribution is 2.34. The number of thiophene rings is 1. The minimum absolute atomic E-state index is 0.0716. The standard InChI is InChI=1S/C14H13BrN2OS/c1-8-6-12(19-13(8)15)14(18)17-5-4-9-7-10(16)2-3-11(9)17/h2-3,6-7H,4-5,16H2,1H3. The number of amides is 1. The van der Waals surface area contributed by atoms with Gasteiger partial charge in [-0.25, -0.2) is 0 Å². The summed E-state index contributed by atoms with van der Waals surface area (Å²) in [7, 11) is 0. The lowest BCUT2D eigenvalue weighted by molar-refractivity contribution is 0.0993. The molecule has 3 nitrogen and oxygen atoms in total. The van der Waals surface area contributed by atoms with Crippen LogP contribution in [0.25, 0.3) is 0 Å². The van der Waals surface area contributed by atoms with Gasteiger partial charge in [0.15, 0.2) is 0 Å². The third-order valence-corrected chi connectivity index (χ3v) is 5.44. The van der Waals surface area contributed by atoms with Crippen LogP contribution in [0.4, 0.5) is 11.4 Å². The summed E-state index contributed by atoms with van der Waals surface area (Å²) in [5.41, 5.74) is 9.77. The minimum Gasteiger partial charge on any atom is -0.399 e. The maximum Gasteiger partial charge on any atom is 0.268 e. The van der Waals surface area contributed by atoms with Crippen LogP contribution in [-0.4, -0.2) is 12.5 Å². The van der Waals surface area contributed by atoms with Gasteiger partial charge in [0.05, 0.1) is 8.66 Å². The maximum atomic E-state index is 12.5. The van der Waals surface area contributed by atoms with Crippen molar-refractivity contribution in [3.63, 3.8) is 0 Å². The molecule has 0 atom stereocenters. The molecule has 2 aromatic rings. The highest BCUT2D eigenvalue weighted by molar-refractivity contribution is 9.11. The molecule has 1 aliphatic rings. The van der Waals surface area contributed by atoms with Gasteiger partial charge < -0.3 is 10.6 Å². The van der Waals surface area contributed by atoms with Gasteiger partial charge in [0.2, 0.25) is 0 Å². The molecule has 3 rings (SSSR count).